The molecule has 0 spiro atoms. The molecule has 3 rings (SSSR count). The third kappa shape index (κ3) is 2.94. The topological polar surface area (TPSA) is 24.9 Å². The zero-order valence-corrected chi connectivity index (χ0v) is 12.9. The van der Waals surface area contributed by atoms with Crippen molar-refractivity contribution >= 4 is 44.1 Å². The number of halogens is 2. The van der Waals surface area contributed by atoms with E-state index < -0.39 is 0 Å². The number of para-hydroxylation sites is 1. The number of nitrogens with one attached hydrogen (secondary N) is 1. The van der Waals surface area contributed by atoms with Crippen molar-refractivity contribution in [2.45, 2.75) is 6.54 Å². The molecular formula is C16H12BrClN2. The lowest BCUT2D eigenvalue weighted by Crippen LogP contribution is -2.01. The van der Waals surface area contributed by atoms with Gasteiger partial charge in [0, 0.05) is 27.7 Å². The zero-order chi connectivity index (χ0) is 13.9. The predicted octanol–water partition coefficient (Wildman–Crippen LogP) is 5.26. The minimum absolute atomic E-state index is 0.547. The molecule has 0 aliphatic heterocycles. The SMILES string of the molecule is Clc1nc2ccccc2cc1CNc1cccc(Br)c1. The summed E-state index contributed by atoms with van der Waals surface area (Å²) in [4.78, 5) is 4.42. The van der Waals surface area contributed by atoms with E-state index in [9.17, 15) is 0 Å². The van der Waals surface area contributed by atoms with Gasteiger partial charge in [0.1, 0.15) is 5.15 Å². The molecule has 0 amide bonds. The zero-order valence-electron chi connectivity index (χ0n) is 10.6. The molecule has 20 heavy (non-hydrogen) atoms. The predicted molar refractivity (Wildman–Crippen MR) is 88.2 cm³/mol. The van der Waals surface area contributed by atoms with Gasteiger partial charge in [-0.2, -0.15) is 0 Å². The molecular weight excluding hydrogens is 336 g/mol. The lowest BCUT2D eigenvalue weighted by molar-refractivity contribution is 1.13. The van der Waals surface area contributed by atoms with Crippen molar-refractivity contribution in [3.8, 4) is 0 Å². The van der Waals surface area contributed by atoms with Gasteiger partial charge in [0.15, 0.2) is 0 Å². The van der Waals surface area contributed by atoms with Gasteiger partial charge in [-0.3, -0.25) is 0 Å². The Bertz CT molecular complexity index is 758. The van der Waals surface area contributed by atoms with Crippen molar-refractivity contribution in [3.05, 3.63) is 69.8 Å². The Kier molecular flexibility index (Phi) is 3.90. The first-order chi connectivity index (χ1) is 9.72. The molecule has 0 aliphatic rings. The maximum atomic E-state index is 6.24. The summed E-state index contributed by atoms with van der Waals surface area (Å²) in [5, 5.41) is 5.00. The Morgan fingerprint density at radius 1 is 1.05 bits per heavy atom. The highest BCUT2D eigenvalue weighted by Gasteiger charge is 2.04. The van der Waals surface area contributed by atoms with Gasteiger partial charge in [-0.15, -0.1) is 0 Å². The first kappa shape index (κ1) is 13.4. The van der Waals surface area contributed by atoms with Crippen LogP contribution < -0.4 is 5.32 Å². The summed E-state index contributed by atoms with van der Waals surface area (Å²) in [7, 11) is 0. The second-order valence-corrected chi connectivity index (χ2v) is 5.77. The van der Waals surface area contributed by atoms with Gasteiger partial charge in [-0.05, 0) is 30.3 Å². The Morgan fingerprint density at radius 3 is 2.75 bits per heavy atom. The second-order valence-electron chi connectivity index (χ2n) is 4.49. The molecule has 1 N–H and O–H groups in total. The molecule has 100 valence electrons. The van der Waals surface area contributed by atoms with E-state index >= 15 is 0 Å². The molecule has 1 heterocycles. The highest BCUT2D eigenvalue weighted by molar-refractivity contribution is 9.10. The molecule has 0 saturated carbocycles. The molecule has 0 saturated heterocycles. The van der Waals surface area contributed by atoms with Crippen molar-refractivity contribution < 1.29 is 0 Å². The number of benzene rings is 2. The Hall–Kier alpha value is -1.58. The monoisotopic (exact) mass is 346 g/mol. The molecule has 0 fully saturated rings. The van der Waals surface area contributed by atoms with E-state index in [1.54, 1.807) is 0 Å². The van der Waals surface area contributed by atoms with Crippen LogP contribution in [0.2, 0.25) is 5.15 Å². The maximum Gasteiger partial charge on any atom is 0.134 e. The van der Waals surface area contributed by atoms with Gasteiger partial charge in [0.2, 0.25) is 0 Å². The van der Waals surface area contributed by atoms with E-state index in [0.29, 0.717) is 11.7 Å². The van der Waals surface area contributed by atoms with E-state index in [0.717, 1.165) is 26.6 Å². The van der Waals surface area contributed by atoms with Crippen molar-refractivity contribution in [1.29, 1.82) is 0 Å². The first-order valence-corrected chi connectivity index (χ1v) is 7.43. The lowest BCUT2D eigenvalue weighted by atomic mass is 10.1. The highest BCUT2D eigenvalue weighted by Crippen LogP contribution is 2.22. The van der Waals surface area contributed by atoms with Crippen LogP contribution >= 0.6 is 27.5 Å². The Morgan fingerprint density at radius 2 is 1.90 bits per heavy atom. The normalized spacial score (nSPS) is 10.7. The van der Waals surface area contributed by atoms with Crippen molar-refractivity contribution in [3.63, 3.8) is 0 Å². The van der Waals surface area contributed by atoms with E-state index in [2.05, 4.69) is 32.3 Å². The van der Waals surface area contributed by atoms with Crippen LogP contribution in [0.15, 0.2) is 59.1 Å². The van der Waals surface area contributed by atoms with Crippen LogP contribution in [0, 0.1) is 0 Å². The number of hydrogen-bond acceptors (Lipinski definition) is 2. The quantitative estimate of drug-likeness (QED) is 0.653. The van der Waals surface area contributed by atoms with Crippen LogP contribution in [0.3, 0.4) is 0 Å². The summed E-state index contributed by atoms with van der Waals surface area (Å²) in [6, 6.07) is 18.1. The van der Waals surface area contributed by atoms with Crippen LogP contribution in [-0.4, -0.2) is 4.98 Å². The van der Waals surface area contributed by atoms with Crippen molar-refractivity contribution in [1.82, 2.24) is 4.98 Å². The van der Waals surface area contributed by atoms with Gasteiger partial charge >= 0.3 is 0 Å². The summed E-state index contributed by atoms with van der Waals surface area (Å²) in [5.74, 6) is 0. The fourth-order valence-corrected chi connectivity index (χ4v) is 2.67. The molecule has 0 radical (unpaired) electrons. The highest BCUT2D eigenvalue weighted by atomic mass is 79.9. The molecule has 0 bridgehead atoms. The summed E-state index contributed by atoms with van der Waals surface area (Å²) in [6.07, 6.45) is 0. The average molecular weight is 348 g/mol. The fourth-order valence-electron chi connectivity index (χ4n) is 2.06. The smallest absolute Gasteiger partial charge is 0.134 e. The Balaban J connectivity index is 1.85. The molecule has 1 aromatic heterocycles. The molecule has 2 nitrogen and oxygen atoms in total. The molecule has 3 aromatic rings. The van der Waals surface area contributed by atoms with Crippen molar-refractivity contribution in [2.75, 3.05) is 5.32 Å². The number of pyridine rings is 1. The van der Waals surface area contributed by atoms with E-state index in [1.165, 1.54) is 0 Å². The second kappa shape index (κ2) is 5.81. The fraction of sp³-hybridized carbons (Fsp3) is 0.0625. The van der Waals surface area contributed by atoms with Crippen LogP contribution in [0.25, 0.3) is 10.9 Å². The van der Waals surface area contributed by atoms with E-state index in [-0.39, 0.29) is 0 Å². The van der Waals surface area contributed by atoms with E-state index in [1.807, 2.05) is 48.5 Å². The molecule has 0 unspecified atom stereocenters. The average Bonchev–Trinajstić information content (AvgIpc) is 2.45. The van der Waals surface area contributed by atoms with E-state index in [4.69, 9.17) is 11.6 Å². The Labute approximate surface area is 130 Å². The van der Waals surface area contributed by atoms with Gasteiger partial charge < -0.3 is 5.32 Å². The van der Waals surface area contributed by atoms with Gasteiger partial charge in [0.25, 0.3) is 0 Å². The third-order valence-corrected chi connectivity index (χ3v) is 3.88. The largest absolute Gasteiger partial charge is 0.381 e. The minimum atomic E-state index is 0.547. The molecule has 0 aliphatic carbocycles. The molecule has 0 atom stereocenters. The number of fused-ring (bicyclic) bond motifs is 1. The van der Waals surface area contributed by atoms with Gasteiger partial charge in [-0.25, -0.2) is 4.98 Å². The number of rotatable bonds is 3. The third-order valence-electron chi connectivity index (χ3n) is 3.06. The number of aromatic nitrogens is 1. The lowest BCUT2D eigenvalue weighted by Gasteiger charge is -2.09. The van der Waals surface area contributed by atoms with Gasteiger partial charge in [-0.1, -0.05) is 51.8 Å². The standard InChI is InChI=1S/C16H12BrClN2/c17-13-5-3-6-14(9-13)19-10-12-8-11-4-1-2-7-15(11)20-16(12)18/h1-9,19H,10H2. The molecule has 2 aromatic carbocycles. The minimum Gasteiger partial charge on any atom is -0.381 e. The summed E-state index contributed by atoms with van der Waals surface area (Å²) in [5.41, 5.74) is 2.96. The van der Waals surface area contributed by atoms with Crippen LogP contribution in [0.5, 0.6) is 0 Å². The van der Waals surface area contributed by atoms with Gasteiger partial charge in [0.05, 0.1) is 5.52 Å². The van der Waals surface area contributed by atoms with Crippen LogP contribution in [0.1, 0.15) is 5.56 Å². The summed E-state index contributed by atoms with van der Waals surface area (Å²) >= 11 is 9.70. The number of hydrogen-bond donors (Lipinski definition) is 1. The molecule has 4 heteroatoms. The van der Waals surface area contributed by atoms with Crippen LogP contribution in [0.4, 0.5) is 5.69 Å². The number of anilines is 1. The first-order valence-electron chi connectivity index (χ1n) is 6.26. The maximum absolute atomic E-state index is 6.24. The van der Waals surface area contributed by atoms with Crippen molar-refractivity contribution in [2.24, 2.45) is 0 Å². The van der Waals surface area contributed by atoms with Crippen LogP contribution in [-0.2, 0) is 6.54 Å². The summed E-state index contributed by atoms with van der Waals surface area (Å²) in [6.45, 7) is 0.646. The summed E-state index contributed by atoms with van der Waals surface area (Å²) < 4.78 is 1.05. The number of nitrogens with zero attached hydrogens (tertiary/aromatic N) is 1.